The van der Waals surface area contributed by atoms with Gasteiger partial charge in [0.05, 0.1) is 6.04 Å². The van der Waals surface area contributed by atoms with Gasteiger partial charge < -0.3 is 5.32 Å². The van der Waals surface area contributed by atoms with Gasteiger partial charge in [0.25, 0.3) is 5.92 Å². The van der Waals surface area contributed by atoms with E-state index in [-0.39, 0.29) is 6.42 Å². The molecular formula is C12H14ClF2N. The second-order valence-electron chi connectivity index (χ2n) is 4.18. The molecule has 0 bridgehead atoms. The van der Waals surface area contributed by atoms with Crippen molar-refractivity contribution in [2.75, 3.05) is 6.54 Å². The fraction of sp³-hybridized carbons (Fsp3) is 0.500. The molecule has 1 aromatic rings. The lowest BCUT2D eigenvalue weighted by Crippen LogP contribution is -2.42. The van der Waals surface area contributed by atoms with Gasteiger partial charge in [-0.1, -0.05) is 29.8 Å². The Morgan fingerprint density at radius 2 is 2.12 bits per heavy atom. The molecule has 1 aromatic carbocycles. The number of rotatable bonds is 3. The summed E-state index contributed by atoms with van der Waals surface area (Å²) >= 11 is 5.88. The van der Waals surface area contributed by atoms with Crippen LogP contribution < -0.4 is 5.32 Å². The SMILES string of the molecule is FC(F)(Cc1ccccc1Cl)C1CCCN1. The monoisotopic (exact) mass is 245 g/mol. The smallest absolute Gasteiger partial charge is 0.267 e. The van der Waals surface area contributed by atoms with E-state index in [1.54, 1.807) is 24.3 Å². The van der Waals surface area contributed by atoms with Gasteiger partial charge in [-0.2, -0.15) is 0 Å². The molecule has 1 aliphatic heterocycles. The van der Waals surface area contributed by atoms with Gasteiger partial charge in [0, 0.05) is 11.4 Å². The van der Waals surface area contributed by atoms with Crippen LogP contribution in [0.2, 0.25) is 5.02 Å². The van der Waals surface area contributed by atoms with Crippen molar-refractivity contribution in [1.82, 2.24) is 5.32 Å². The number of hydrogen-bond acceptors (Lipinski definition) is 1. The number of hydrogen-bond donors (Lipinski definition) is 1. The largest absolute Gasteiger partial charge is 0.309 e. The van der Waals surface area contributed by atoms with Gasteiger partial charge in [0.15, 0.2) is 0 Å². The lowest BCUT2D eigenvalue weighted by Gasteiger charge is -2.23. The van der Waals surface area contributed by atoms with Gasteiger partial charge >= 0.3 is 0 Å². The molecule has 4 heteroatoms. The fourth-order valence-electron chi connectivity index (χ4n) is 2.06. The number of benzene rings is 1. The molecule has 0 radical (unpaired) electrons. The summed E-state index contributed by atoms with van der Waals surface area (Å²) in [5.74, 6) is -2.72. The predicted octanol–water partition coefficient (Wildman–Crippen LogP) is 3.27. The van der Waals surface area contributed by atoms with Crippen LogP contribution in [0.15, 0.2) is 24.3 Å². The van der Waals surface area contributed by atoms with Gasteiger partial charge in [-0.25, -0.2) is 8.78 Å². The zero-order chi connectivity index (χ0) is 11.6. The third-order valence-electron chi connectivity index (χ3n) is 2.95. The molecule has 1 fully saturated rings. The van der Waals surface area contributed by atoms with E-state index in [4.69, 9.17) is 11.6 Å². The molecule has 1 nitrogen and oxygen atoms in total. The maximum Gasteiger partial charge on any atom is 0.267 e. The Morgan fingerprint density at radius 3 is 2.75 bits per heavy atom. The minimum atomic E-state index is -2.72. The van der Waals surface area contributed by atoms with Crippen molar-refractivity contribution < 1.29 is 8.78 Å². The van der Waals surface area contributed by atoms with Crippen LogP contribution in [0.3, 0.4) is 0 Å². The van der Waals surface area contributed by atoms with Gasteiger partial charge in [0.1, 0.15) is 0 Å². The van der Waals surface area contributed by atoms with Gasteiger partial charge in [-0.05, 0) is 31.0 Å². The Morgan fingerprint density at radius 1 is 1.38 bits per heavy atom. The molecule has 0 aliphatic carbocycles. The van der Waals surface area contributed by atoms with E-state index in [1.165, 1.54) is 0 Å². The third kappa shape index (κ3) is 2.53. The topological polar surface area (TPSA) is 12.0 Å². The quantitative estimate of drug-likeness (QED) is 0.862. The summed E-state index contributed by atoms with van der Waals surface area (Å²) in [6.45, 7) is 0.683. The van der Waals surface area contributed by atoms with Gasteiger partial charge in [-0.3, -0.25) is 0 Å². The van der Waals surface area contributed by atoms with Crippen LogP contribution in [0.1, 0.15) is 18.4 Å². The van der Waals surface area contributed by atoms with Crippen molar-refractivity contribution >= 4 is 11.6 Å². The fourth-order valence-corrected chi connectivity index (χ4v) is 2.27. The Bertz CT molecular complexity index is 362. The molecule has 1 unspecified atom stereocenters. The van der Waals surface area contributed by atoms with Crippen LogP contribution in [0.5, 0.6) is 0 Å². The molecule has 1 heterocycles. The molecule has 1 aliphatic rings. The molecule has 0 saturated carbocycles. The molecule has 1 N–H and O–H groups in total. The normalized spacial score (nSPS) is 21.3. The van der Waals surface area contributed by atoms with E-state index in [2.05, 4.69) is 5.32 Å². The average molecular weight is 246 g/mol. The van der Waals surface area contributed by atoms with Crippen molar-refractivity contribution in [3.8, 4) is 0 Å². The Kier molecular flexibility index (Phi) is 3.45. The van der Waals surface area contributed by atoms with Gasteiger partial charge in [0.2, 0.25) is 0 Å². The molecule has 88 valence electrons. The minimum Gasteiger partial charge on any atom is -0.309 e. The van der Waals surface area contributed by atoms with Crippen molar-refractivity contribution in [2.45, 2.75) is 31.2 Å². The molecule has 1 saturated heterocycles. The highest BCUT2D eigenvalue weighted by molar-refractivity contribution is 6.31. The summed E-state index contributed by atoms with van der Waals surface area (Å²) in [6, 6.07) is 6.08. The standard InChI is InChI=1S/C12H14ClF2N/c13-10-5-2-1-4-9(10)8-12(14,15)11-6-3-7-16-11/h1-2,4-5,11,16H,3,6-8H2. The lowest BCUT2D eigenvalue weighted by atomic mass is 10.00. The average Bonchev–Trinajstić information content (AvgIpc) is 2.75. The first kappa shape index (κ1) is 11.8. The van der Waals surface area contributed by atoms with Crippen molar-refractivity contribution in [2.24, 2.45) is 0 Å². The van der Waals surface area contributed by atoms with E-state index in [0.29, 0.717) is 23.6 Å². The summed E-state index contributed by atoms with van der Waals surface area (Å²) in [5, 5.41) is 3.26. The first-order valence-corrected chi connectivity index (χ1v) is 5.82. The van der Waals surface area contributed by atoms with Crippen LogP contribution in [0.4, 0.5) is 8.78 Å². The summed E-state index contributed by atoms with van der Waals surface area (Å²) in [4.78, 5) is 0. The van der Waals surface area contributed by atoms with Crippen LogP contribution in [-0.2, 0) is 6.42 Å². The second kappa shape index (κ2) is 4.68. The maximum atomic E-state index is 13.9. The number of nitrogens with one attached hydrogen (secondary N) is 1. The maximum absolute atomic E-state index is 13.9. The minimum absolute atomic E-state index is 0.287. The van der Waals surface area contributed by atoms with Crippen LogP contribution in [-0.4, -0.2) is 18.5 Å². The Balaban J connectivity index is 2.10. The summed E-state index contributed by atoms with van der Waals surface area (Å²) in [5.41, 5.74) is 0.517. The Labute approximate surface area is 98.8 Å². The predicted molar refractivity (Wildman–Crippen MR) is 61.1 cm³/mol. The highest BCUT2D eigenvalue weighted by Crippen LogP contribution is 2.31. The van der Waals surface area contributed by atoms with Crippen LogP contribution in [0, 0.1) is 0 Å². The van der Waals surface area contributed by atoms with E-state index in [1.807, 2.05) is 0 Å². The molecule has 0 aromatic heterocycles. The first-order valence-electron chi connectivity index (χ1n) is 5.44. The molecule has 0 spiro atoms. The Hall–Kier alpha value is -0.670. The number of halogens is 3. The lowest BCUT2D eigenvalue weighted by molar-refractivity contribution is -0.0307. The molecule has 16 heavy (non-hydrogen) atoms. The van der Waals surface area contributed by atoms with E-state index in [9.17, 15) is 8.78 Å². The third-order valence-corrected chi connectivity index (χ3v) is 3.32. The highest BCUT2D eigenvalue weighted by atomic mass is 35.5. The van der Waals surface area contributed by atoms with Crippen molar-refractivity contribution in [1.29, 1.82) is 0 Å². The van der Waals surface area contributed by atoms with E-state index in [0.717, 1.165) is 6.42 Å². The summed E-state index contributed by atoms with van der Waals surface area (Å²) in [7, 11) is 0. The summed E-state index contributed by atoms with van der Waals surface area (Å²) < 4.78 is 27.7. The van der Waals surface area contributed by atoms with E-state index >= 15 is 0 Å². The van der Waals surface area contributed by atoms with Crippen LogP contribution >= 0.6 is 11.6 Å². The summed E-state index contributed by atoms with van der Waals surface area (Å²) in [6.07, 6.45) is 1.07. The van der Waals surface area contributed by atoms with Crippen molar-refractivity contribution in [3.63, 3.8) is 0 Å². The molecule has 2 rings (SSSR count). The second-order valence-corrected chi connectivity index (χ2v) is 4.59. The first-order chi connectivity index (χ1) is 7.59. The van der Waals surface area contributed by atoms with E-state index < -0.39 is 12.0 Å². The zero-order valence-corrected chi connectivity index (χ0v) is 9.61. The van der Waals surface area contributed by atoms with Gasteiger partial charge in [-0.15, -0.1) is 0 Å². The zero-order valence-electron chi connectivity index (χ0n) is 8.85. The number of alkyl halides is 2. The van der Waals surface area contributed by atoms with Crippen LogP contribution in [0.25, 0.3) is 0 Å². The van der Waals surface area contributed by atoms with Crippen molar-refractivity contribution in [3.05, 3.63) is 34.9 Å². The highest BCUT2D eigenvalue weighted by Gasteiger charge is 2.41. The molecular weight excluding hydrogens is 232 g/mol. The molecule has 0 amide bonds. The molecule has 1 atom stereocenters.